The van der Waals surface area contributed by atoms with Crippen molar-refractivity contribution in [2.45, 2.75) is 58.1 Å². The molecule has 0 spiro atoms. The molecule has 210 valence electrons. The molecule has 4 aromatic rings. The maximum atomic E-state index is 13.8. The van der Waals surface area contributed by atoms with Gasteiger partial charge in [-0.1, -0.05) is 44.2 Å². The zero-order chi connectivity index (χ0) is 28.6. The minimum absolute atomic E-state index is 0.0869. The van der Waals surface area contributed by atoms with Crippen LogP contribution >= 0.6 is 0 Å². The van der Waals surface area contributed by atoms with Crippen LogP contribution in [0.25, 0.3) is 33.1 Å². The highest BCUT2D eigenvalue weighted by atomic mass is 16.6. The molecule has 0 saturated heterocycles. The summed E-state index contributed by atoms with van der Waals surface area (Å²) < 4.78 is 6.91. The van der Waals surface area contributed by atoms with Crippen LogP contribution in [0.1, 0.15) is 48.9 Å². The number of pyridine rings is 2. The van der Waals surface area contributed by atoms with Gasteiger partial charge in [0.15, 0.2) is 5.60 Å². The van der Waals surface area contributed by atoms with Crippen LogP contribution in [-0.2, 0) is 34.8 Å². The van der Waals surface area contributed by atoms with Crippen molar-refractivity contribution < 1.29 is 19.7 Å². The molecule has 0 aliphatic carbocycles. The van der Waals surface area contributed by atoms with Gasteiger partial charge < -0.3 is 24.9 Å². The molecule has 3 aliphatic rings. The SMILES string of the molecule is CCC(O)C1=CN(Cc2c3c(nc4ccc5ccccc5c24)-c2cc4c(c(=O)n2C3)COC(=O)[C@]4(O)CC)N(C)N1. The van der Waals surface area contributed by atoms with Crippen LogP contribution in [0.5, 0.6) is 0 Å². The predicted molar refractivity (Wildman–Crippen MR) is 153 cm³/mol. The summed E-state index contributed by atoms with van der Waals surface area (Å²) in [5.74, 6) is -0.741. The lowest BCUT2D eigenvalue weighted by atomic mass is 9.86. The molecule has 0 bridgehead atoms. The number of benzene rings is 2. The van der Waals surface area contributed by atoms with E-state index in [9.17, 15) is 19.8 Å². The Balaban J connectivity index is 1.48. The number of aromatic nitrogens is 2. The quantitative estimate of drug-likeness (QED) is 0.223. The van der Waals surface area contributed by atoms with Gasteiger partial charge in [-0.2, -0.15) is 0 Å². The van der Waals surface area contributed by atoms with Gasteiger partial charge >= 0.3 is 5.97 Å². The van der Waals surface area contributed by atoms with Crippen LogP contribution in [-0.4, -0.2) is 49.0 Å². The van der Waals surface area contributed by atoms with Crippen molar-refractivity contribution >= 4 is 27.6 Å². The molecule has 2 atom stereocenters. The number of nitrogens with one attached hydrogen (secondary N) is 1. The molecule has 7 rings (SSSR count). The molecule has 0 fully saturated rings. The summed E-state index contributed by atoms with van der Waals surface area (Å²) in [6.45, 7) is 4.22. The van der Waals surface area contributed by atoms with E-state index in [1.54, 1.807) is 17.6 Å². The number of aliphatic hydroxyl groups excluding tert-OH is 1. The first-order valence-electron chi connectivity index (χ1n) is 13.9. The van der Waals surface area contributed by atoms with E-state index in [1.807, 2.05) is 54.6 Å². The number of esters is 1. The van der Waals surface area contributed by atoms with Crippen LogP contribution in [0, 0.1) is 0 Å². The van der Waals surface area contributed by atoms with E-state index in [0.29, 0.717) is 47.7 Å². The van der Waals surface area contributed by atoms with Gasteiger partial charge in [-0.3, -0.25) is 9.80 Å². The molecule has 1 unspecified atom stereocenters. The predicted octanol–water partition coefficient (Wildman–Crippen LogP) is 3.01. The van der Waals surface area contributed by atoms with Crippen molar-refractivity contribution in [1.29, 1.82) is 0 Å². The number of cyclic esters (lactones) is 1. The van der Waals surface area contributed by atoms with Crippen molar-refractivity contribution in [2.75, 3.05) is 7.05 Å². The Morgan fingerprint density at radius 1 is 1.15 bits per heavy atom. The molecule has 2 aromatic carbocycles. The second-order valence-corrected chi connectivity index (χ2v) is 10.9. The van der Waals surface area contributed by atoms with Crippen LogP contribution < -0.4 is 11.0 Å². The topological polar surface area (TPSA) is 120 Å². The van der Waals surface area contributed by atoms with Crippen molar-refractivity contribution in [1.82, 2.24) is 25.1 Å². The Kier molecular flexibility index (Phi) is 5.73. The fraction of sp³-hybridized carbons (Fsp3) is 0.323. The third-order valence-electron chi connectivity index (χ3n) is 8.72. The van der Waals surface area contributed by atoms with Crippen molar-refractivity contribution in [3.8, 4) is 11.4 Å². The summed E-state index contributed by atoms with van der Waals surface area (Å²) in [7, 11) is 1.89. The van der Waals surface area contributed by atoms with E-state index in [1.165, 1.54) is 0 Å². The number of hydrazine groups is 2. The van der Waals surface area contributed by atoms with Crippen molar-refractivity contribution in [2.24, 2.45) is 0 Å². The van der Waals surface area contributed by atoms with E-state index >= 15 is 0 Å². The van der Waals surface area contributed by atoms with Gasteiger partial charge in [0.05, 0.1) is 47.4 Å². The van der Waals surface area contributed by atoms with Crippen LogP contribution in [0.2, 0.25) is 0 Å². The number of ether oxygens (including phenoxy) is 1. The number of carbonyl (C=O) groups is 1. The zero-order valence-electron chi connectivity index (χ0n) is 23.1. The molecule has 0 amide bonds. The minimum Gasteiger partial charge on any atom is -0.458 e. The number of aliphatic hydroxyl groups is 2. The largest absolute Gasteiger partial charge is 0.458 e. The molecule has 0 saturated carbocycles. The van der Waals surface area contributed by atoms with Gasteiger partial charge in [0.1, 0.15) is 6.61 Å². The third kappa shape index (κ3) is 3.64. The molecule has 2 aromatic heterocycles. The Morgan fingerprint density at radius 2 is 1.95 bits per heavy atom. The summed E-state index contributed by atoms with van der Waals surface area (Å²) in [5, 5.41) is 28.7. The van der Waals surface area contributed by atoms with Gasteiger partial charge in [-0.05, 0) is 41.3 Å². The van der Waals surface area contributed by atoms with Gasteiger partial charge in [0, 0.05) is 29.8 Å². The summed E-state index contributed by atoms with van der Waals surface area (Å²) in [6, 6.07) is 14.0. The van der Waals surface area contributed by atoms with E-state index in [0.717, 1.165) is 32.8 Å². The number of nitrogens with zero attached hydrogens (tertiary/aromatic N) is 4. The second kappa shape index (κ2) is 9.13. The summed E-state index contributed by atoms with van der Waals surface area (Å²) in [5.41, 5.74) is 6.32. The highest BCUT2D eigenvalue weighted by Crippen LogP contribution is 2.42. The highest BCUT2D eigenvalue weighted by Gasteiger charge is 2.45. The second-order valence-electron chi connectivity index (χ2n) is 10.9. The maximum Gasteiger partial charge on any atom is 0.343 e. The summed E-state index contributed by atoms with van der Waals surface area (Å²) in [4.78, 5) is 31.5. The van der Waals surface area contributed by atoms with Crippen LogP contribution in [0.4, 0.5) is 0 Å². The maximum absolute atomic E-state index is 13.8. The minimum atomic E-state index is -1.88. The highest BCUT2D eigenvalue weighted by molar-refractivity contribution is 6.09. The molecule has 41 heavy (non-hydrogen) atoms. The van der Waals surface area contributed by atoms with Crippen LogP contribution in [0.15, 0.2) is 59.2 Å². The standard InChI is InChI=1S/C31H31N5O5/c1-4-26(37)24-15-35(34(3)33-24)13-19-20-14-36-25(12-22-21(29(36)38)16-41-30(39)31(22,40)5-2)28(20)32-23-11-10-17-8-6-7-9-18(17)27(19)23/h6-12,15,26,33,37,40H,4-5,13-14,16H2,1-3H3/t26?,31-/m0/s1. The molecule has 3 aliphatic heterocycles. The van der Waals surface area contributed by atoms with Gasteiger partial charge in [0.25, 0.3) is 5.56 Å². The van der Waals surface area contributed by atoms with Crippen molar-refractivity contribution in [3.63, 3.8) is 0 Å². The fourth-order valence-electron chi connectivity index (χ4n) is 6.34. The lowest BCUT2D eigenvalue weighted by molar-refractivity contribution is -0.172. The summed E-state index contributed by atoms with van der Waals surface area (Å²) in [6.07, 6.45) is 1.97. The number of rotatable bonds is 5. The van der Waals surface area contributed by atoms with Crippen LogP contribution in [0.3, 0.4) is 0 Å². The average Bonchev–Trinajstić information content (AvgIpc) is 3.54. The first-order chi connectivity index (χ1) is 19.7. The lowest BCUT2D eigenvalue weighted by Crippen LogP contribution is -2.44. The van der Waals surface area contributed by atoms with Crippen molar-refractivity contribution in [3.05, 3.63) is 87.0 Å². The zero-order valence-corrected chi connectivity index (χ0v) is 23.1. The fourth-order valence-corrected chi connectivity index (χ4v) is 6.34. The molecule has 0 radical (unpaired) electrons. The Bertz CT molecular complexity index is 1860. The number of fused-ring (bicyclic) bond motifs is 7. The molecular formula is C31H31N5O5. The lowest BCUT2D eigenvalue weighted by Gasteiger charge is -2.31. The molecular weight excluding hydrogens is 522 g/mol. The van der Waals surface area contributed by atoms with Gasteiger partial charge in [-0.15, -0.1) is 5.12 Å². The first kappa shape index (κ1) is 25.7. The Hall–Kier alpha value is -4.25. The third-order valence-corrected chi connectivity index (χ3v) is 8.72. The molecule has 10 heteroatoms. The number of hydrogen-bond donors (Lipinski definition) is 3. The average molecular weight is 554 g/mol. The van der Waals surface area contributed by atoms with E-state index < -0.39 is 17.7 Å². The number of carbonyl (C=O) groups excluding carboxylic acids is 1. The van der Waals surface area contributed by atoms with E-state index in [-0.39, 0.29) is 18.6 Å². The van der Waals surface area contributed by atoms with Gasteiger partial charge in [-0.25, -0.2) is 9.78 Å². The van der Waals surface area contributed by atoms with E-state index in [4.69, 9.17) is 9.72 Å². The first-order valence-corrected chi connectivity index (χ1v) is 13.9. The van der Waals surface area contributed by atoms with Gasteiger partial charge in [0.2, 0.25) is 0 Å². The Morgan fingerprint density at radius 3 is 2.73 bits per heavy atom. The number of hydrogen-bond acceptors (Lipinski definition) is 9. The summed E-state index contributed by atoms with van der Waals surface area (Å²) >= 11 is 0. The normalized spacial score (nSPS) is 20.5. The molecule has 3 N–H and O–H groups in total. The molecule has 5 heterocycles. The Labute approximate surface area is 236 Å². The van der Waals surface area contributed by atoms with E-state index in [2.05, 4.69) is 17.6 Å². The molecule has 10 nitrogen and oxygen atoms in total. The monoisotopic (exact) mass is 553 g/mol. The smallest absolute Gasteiger partial charge is 0.343 e.